The second-order valence-corrected chi connectivity index (χ2v) is 3.34. The van der Waals surface area contributed by atoms with Gasteiger partial charge in [-0.3, -0.25) is 0 Å². The first-order valence-electron chi connectivity index (χ1n) is 4.82. The molecule has 0 bridgehead atoms. The minimum atomic E-state index is -1.42. The number of carboxylic acid groups (broad SMARTS) is 1. The van der Waals surface area contributed by atoms with Gasteiger partial charge in [0.05, 0.1) is 11.8 Å². The summed E-state index contributed by atoms with van der Waals surface area (Å²) in [5.41, 5.74) is -0.489. The fourth-order valence-corrected chi connectivity index (χ4v) is 1.28. The maximum Gasteiger partial charge on any atom is 0.335 e. The van der Waals surface area contributed by atoms with Gasteiger partial charge >= 0.3 is 5.97 Å². The third-order valence-electron chi connectivity index (χ3n) is 2.10. The van der Waals surface area contributed by atoms with Crippen molar-refractivity contribution in [2.24, 2.45) is 0 Å². The van der Waals surface area contributed by atoms with E-state index in [0.717, 1.165) is 0 Å². The lowest BCUT2D eigenvalue weighted by atomic mass is 10.2. The fourth-order valence-electron chi connectivity index (χ4n) is 1.28. The molecule has 0 amide bonds. The summed E-state index contributed by atoms with van der Waals surface area (Å²) in [6.07, 6.45) is 1.36. The summed E-state index contributed by atoms with van der Waals surface area (Å²) in [4.78, 5) is 10.6. The van der Waals surface area contributed by atoms with E-state index in [4.69, 9.17) is 9.84 Å². The number of nitrogens with zero attached hydrogens (tertiary/aromatic N) is 1. The van der Waals surface area contributed by atoms with E-state index < -0.39 is 28.9 Å². The number of ether oxygens (including phenoxy) is 1. The van der Waals surface area contributed by atoms with Crippen LogP contribution >= 0.6 is 0 Å². The topological polar surface area (TPSA) is 72.6 Å². The number of benzene rings is 1. The molecule has 0 spiro atoms. The lowest BCUT2D eigenvalue weighted by Gasteiger charge is -2.07. The Morgan fingerprint density at radius 1 is 1.39 bits per heavy atom. The zero-order valence-corrected chi connectivity index (χ0v) is 8.89. The molecule has 2 aromatic rings. The summed E-state index contributed by atoms with van der Waals surface area (Å²) in [7, 11) is 0. The van der Waals surface area contributed by atoms with Gasteiger partial charge in [-0.05, 0) is 12.1 Å². The van der Waals surface area contributed by atoms with Gasteiger partial charge in [-0.1, -0.05) is 5.16 Å². The summed E-state index contributed by atoms with van der Waals surface area (Å²) in [5, 5.41) is 12.0. The summed E-state index contributed by atoms with van der Waals surface area (Å²) in [5.74, 6) is -3.97. The van der Waals surface area contributed by atoms with Crippen molar-refractivity contribution >= 4 is 5.97 Å². The van der Waals surface area contributed by atoms with E-state index in [2.05, 4.69) is 9.68 Å². The maximum atomic E-state index is 13.4. The molecule has 94 valence electrons. The molecule has 5 nitrogen and oxygen atoms in total. The number of hydrogen-bond acceptors (Lipinski definition) is 4. The highest BCUT2D eigenvalue weighted by atomic mass is 19.1. The smallest absolute Gasteiger partial charge is 0.335 e. The molecule has 0 unspecified atom stereocenters. The number of rotatable bonds is 4. The van der Waals surface area contributed by atoms with Crippen molar-refractivity contribution in [2.45, 2.75) is 6.61 Å². The van der Waals surface area contributed by atoms with Crippen LogP contribution in [0.3, 0.4) is 0 Å². The van der Waals surface area contributed by atoms with Crippen LogP contribution < -0.4 is 4.74 Å². The number of halogens is 2. The zero-order valence-electron chi connectivity index (χ0n) is 8.89. The van der Waals surface area contributed by atoms with Gasteiger partial charge < -0.3 is 14.4 Å². The Bertz CT molecular complexity index is 545. The van der Waals surface area contributed by atoms with Gasteiger partial charge in [-0.15, -0.1) is 0 Å². The van der Waals surface area contributed by atoms with Crippen molar-refractivity contribution in [3.8, 4) is 5.75 Å². The van der Waals surface area contributed by atoms with Crippen LogP contribution in [0.25, 0.3) is 0 Å². The highest BCUT2D eigenvalue weighted by Gasteiger charge is 2.16. The van der Waals surface area contributed by atoms with Crippen LogP contribution in [0.1, 0.15) is 16.1 Å². The molecule has 0 fully saturated rings. The fraction of sp³-hybridized carbons (Fsp3) is 0.0909. The zero-order chi connectivity index (χ0) is 13.1. The number of aromatic nitrogens is 1. The highest BCUT2D eigenvalue weighted by molar-refractivity contribution is 5.87. The van der Waals surface area contributed by atoms with Crippen LogP contribution in [0.15, 0.2) is 28.9 Å². The Morgan fingerprint density at radius 2 is 2.06 bits per heavy atom. The summed E-state index contributed by atoms with van der Waals surface area (Å²) in [6, 6.07) is 2.84. The molecule has 1 aromatic heterocycles. The maximum absolute atomic E-state index is 13.4. The van der Waals surface area contributed by atoms with Crippen molar-refractivity contribution in [3.05, 3.63) is 47.4 Å². The Morgan fingerprint density at radius 3 is 2.56 bits per heavy atom. The predicted octanol–water partition coefficient (Wildman–Crippen LogP) is 2.23. The molecule has 0 aliphatic heterocycles. The molecule has 7 heteroatoms. The van der Waals surface area contributed by atoms with Crippen molar-refractivity contribution in [1.29, 1.82) is 0 Å². The van der Waals surface area contributed by atoms with Crippen LogP contribution in [0.2, 0.25) is 0 Å². The first kappa shape index (κ1) is 12.0. The third kappa shape index (κ3) is 2.45. The van der Waals surface area contributed by atoms with Gasteiger partial charge in [0.1, 0.15) is 6.61 Å². The molecule has 0 atom stereocenters. The molecule has 1 N–H and O–H groups in total. The van der Waals surface area contributed by atoms with E-state index in [1.54, 1.807) is 0 Å². The van der Waals surface area contributed by atoms with Crippen molar-refractivity contribution in [2.75, 3.05) is 0 Å². The van der Waals surface area contributed by atoms with Gasteiger partial charge in [0.15, 0.2) is 23.1 Å². The van der Waals surface area contributed by atoms with Gasteiger partial charge in [0.25, 0.3) is 0 Å². The standard InChI is InChI=1S/C11H7F2NO4/c12-8-3-6(11(15)16)4-9(13)10(8)17-5-7-1-2-14-18-7/h1-4H,5H2,(H,15,16). The molecule has 18 heavy (non-hydrogen) atoms. The minimum Gasteiger partial charge on any atom is -0.479 e. The third-order valence-corrected chi connectivity index (χ3v) is 2.10. The average molecular weight is 255 g/mol. The van der Waals surface area contributed by atoms with Gasteiger partial charge in [0, 0.05) is 6.07 Å². The van der Waals surface area contributed by atoms with E-state index in [-0.39, 0.29) is 12.4 Å². The normalized spacial score (nSPS) is 10.3. The number of aromatic carboxylic acids is 1. The van der Waals surface area contributed by atoms with Crippen molar-refractivity contribution in [1.82, 2.24) is 5.16 Å². The molecule has 0 radical (unpaired) electrons. The van der Waals surface area contributed by atoms with Crippen molar-refractivity contribution < 1.29 is 27.9 Å². The second kappa shape index (κ2) is 4.82. The van der Waals surface area contributed by atoms with Crippen molar-refractivity contribution in [3.63, 3.8) is 0 Å². The van der Waals surface area contributed by atoms with Crippen LogP contribution in [0.4, 0.5) is 8.78 Å². The number of hydrogen-bond donors (Lipinski definition) is 1. The summed E-state index contributed by atoms with van der Waals surface area (Å²) < 4.78 is 36.4. The van der Waals surface area contributed by atoms with Gasteiger partial charge in [0.2, 0.25) is 0 Å². The molecular formula is C11H7F2NO4. The lowest BCUT2D eigenvalue weighted by Crippen LogP contribution is -2.03. The quantitative estimate of drug-likeness (QED) is 0.906. The minimum absolute atomic E-state index is 0.208. The highest BCUT2D eigenvalue weighted by Crippen LogP contribution is 2.24. The summed E-state index contributed by atoms with van der Waals surface area (Å²) >= 11 is 0. The van der Waals surface area contributed by atoms with E-state index in [1.165, 1.54) is 12.3 Å². The monoisotopic (exact) mass is 255 g/mol. The second-order valence-electron chi connectivity index (χ2n) is 3.34. The first-order chi connectivity index (χ1) is 8.58. The molecular weight excluding hydrogens is 248 g/mol. The van der Waals surface area contributed by atoms with Crippen LogP contribution in [0.5, 0.6) is 5.75 Å². The Hall–Kier alpha value is -2.44. The van der Waals surface area contributed by atoms with Crippen LogP contribution in [-0.4, -0.2) is 16.2 Å². The van der Waals surface area contributed by atoms with E-state index in [1.807, 2.05) is 0 Å². The number of carbonyl (C=O) groups is 1. The van der Waals surface area contributed by atoms with Crippen LogP contribution in [-0.2, 0) is 6.61 Å². The van der Waals surface area contributed by atoms with E-state index >= 15 is 0 Å². The van der Waals surface area contributed by atoms with Gasteiger partial charge in [-0.2, -0.15) is 0 Å². The lowest BCUT2D eigenvalue weighted by molar-refractivity contribution is 0.0695. The predicted molar refractivity (Wildman–Crippen MR) is 54.2 cm³/mol. The molecule has 0 saturated carbocycles. The van der Waals surface area contributed by atoms with E-state index in [0.29, 0.717) is 12.1 Å². The van der Waals surface area contributed by atoms with E-state index in [9.17, 15) is 13.6 Å². The Kier molecular flexibility index (Phi) is 3.22. The Balaban J connectivity index is 2.20. The Labute approximate surface area is 99.6 Å². The number of carboxylic acids is 1. The molecule has 0 saturated heterocycles. The largest absolute Gasteiger partial charge is 0.479 e. The molecule has 1 aromatic carbocycles. The summed E-state index contributed by atoms with van der Waals surface area (Å²) in [6.45, 7) is -0.208. The van der Waals surface area contributed by atoms with Crippen LogP contribution in [0, 0.1) is 11.6 Å². The SMILES string of the molecule is O=C(O)c1cc(F)c(OCc2ccno2)c(F)c1. The molecule has 2 rings (SSSR count). The first-order valence-corrected chi connectivity index (χ1v) is 4.82. The molecule has 0 aliphatic carbocycles. The molecule has 1 heterocycles. The molecule has 0 aliphatic rings. The van der Waals surface area contributed by atoms with Gasteiger partial charge in [-0.25, -0.2) is 13.6 Å². The average Bonchev–Trinajstić information content (AvgIpc) is 2.80.